The molecule has 0 radical (unpaired) electrons. The van der Waals surface area contributed by atoms with Crippen LogP contribution >= 0.6 is 0 Å². The average Bonchev–Trinajstić information content (AvgIpc) is 2.53. The highest BCUT2D eigenvalue weighted by molar-refractivity contribution is 5.74. The van der Waals surface area contributed by atoms with Gasteiger partial charge in [-0.3, -0.25) is 14.4 Å². The van der Waals surface area contributed by atoms with Crippen LogP contribution in [0.3, 0.4) is 0 Å². The second-order valence-corrected chi connectivity index (χ2v) is 7.83. The van der Waals surface area contributed by atoms with Gasteiger partial charge >= 0.3 is 5.96 Å². The van der Waals surface area contributed by atoms with Gasteiger partial charge in [0.1, 0.15) is 0 Å². The number of hydrogen-bond donors (Lipinski definition) is 0. The predicted octanol–water partition coefficient (Wildman–Crippen LogP) is 4.91. The normalized spacial score (nSPS) is 13.5. The van der Waals surface area contributed by atoms with Gasteiger partial charge in [0.2, 0.25) is 0 Å². The van der Waals surface area contributed by atoms with Crippen molar-refractivity contribution in [1.29, 1.82) is 0 Å². The van der Waals surface area contributed by atoms with E-state index in [0.29, 0.717) is 0 Å². The fourth-order valence-corrected chi connectivity index (χ4v) is 3.66. The molecule has 0 aromatic carbocycles. The Morgan fingerprint density at radius 1 is 0.792 bits per heavy atom. The molecule has 0 aliphatic carbocycles. The maximum absolute atomic E-state index is 2.67. The summed E-state index contributed by atoms with van der Waals surface area (Å²) in [5.41, 5.74) is 0. The van der Waals surface area contributed by atoms with Gasteiger partial charge in [-0.1, -0.05) is 66.2 Å². The molecule has 0 bridgehead atoms. The van der Waals surface area contributed by atoms with E-state index in [1.807, 2.05) is 0 Å². The van der Waals surface area contributed by atoms with Crippen LogP contribution in [0.15, 0.2) is 0 Å². The molecular weight excluding hydrogens is 294 g/mol. The first-order valence-corrected chi connectivity index (χ1v) is 10.4. The first-order chi connectivity index (χ1) is 11.4. The lowest BCUT2D eigenvalue weighted by Gasteiger charge is -2.31. The van der Waals surface area contributed by atoms with Crippen molar-refractivity contribution in [3.63, 3.8) is 0 Å². The van der Waals surface area contributed by atoms with Crippen molar-refractivity contribution < 1.29 is 4.58 Å². The van der Waals surface area contributed by atoms with Crippen molar-refractivity contribution in [1.82, 2.24) is 9.80 Å². The van der Waals surface area contributed by atoms with E-state index in [-0.39, 0.29) is 0 Å². The fourth-order valence-electron chi connectivity index (χ4n) is 3.66. The third-order valence-corrected chi connectivity index (χ3v) is 5.13. The number of guanidine groups is 1. The van der Waals surface area contributed by atoms with Crippen molar-refractivity contribution in [2.75, 3.05) is 41.3 Å². The van der Waals surface area contributed by atoms with Gasteiger partial charge in [-0.05, 0) is 24.7 Å². The Morgan fingerprint density at radius 2 is 1.21 bits per heavy atom. The number of nitrogens with zero attached hydrogens (tertiary/aromatic N) is 3. The van der Waals surface area contributed by atoms with Gasteiger partial charge in [-0.25, -0.2) is 0 Å². The van der Waals surface area contributed by atoms with Crippen LogP contribution in [0.1, 0.15) is 79.1 Å². The molecule has 0 amide bonds. The molecule has 2 atom stereocenters. The van der Waals surface area contributed by atoms with Crippen LogP contribution in [0, 0.1) is 11.8 Å². The molecule has 0 N–H and O–H groups in total. The molecular formula is C21H46N3+. The zero-order chi connectivity index (χ0) is 18.5. The molecule has 0 heterocycles. The summed E-state index contributed by atoms with van der Waals surface area (Å²) in [6.45, 7) is 11.7. The maximum Gasteiger partial charge on any atom is 0.349 e. The van der Waals surface area contributed by atoms with E-state index in [0.717, 1.165) is 11.8 Å². The molecule has 0 saturated heterocycles. The molecule has 3 heteroatoms. The van der Waals surface area contributed by atoms with Gasteiger partial charge in [0, 0.05) is 0 Å². The summed E-state index contributed by atoms with van der Waals surface area (Å²) in [5.74, 6) is 2.98. The average molecular weight is 341 g/mol. The minimum Gasteiger partial charge on any atom is -0.270 e. The van der Waals surface area contributed by atoms with Crippen LogP contribution in [0.25, 0.3) is 0 Å². The monoisotopic (exact) mass is 340 g/mol. The van der Waals surface area contributed by atoms with Crippen LogP contribution in [0.2, 0.25) is 0 Å². The van der Waals surface area contributed by atoms with Crippen molar-refractivity contribution in [2.45, 2.75) is 79.1 Å². The number of hydrogen-bond acceptors (Lipinski definition) is 0. The summed E-state index contributed by atoms with van der Waals surface area (Å²) in [4.78, 5) is 4.97. The Bertz CT molecular complexity index is 314. The predicted molar refractivity (Wildman–Crippen MR) is 109 cm³/mol. The molecule has 0 aromatic heterocycles. The smallest absolute Gasteiger partial charge is 0.270 e. The Morgan fingerprint density at radius 3 is 1.46 bits per heavy atom. The Hall–Kier alpha value is -0.730. The summed E-state index contributed by atoms with van der Waals surface area (Å²) in [6.07, 6.45) is 10.6. The van der Waals surface area contributed by atoms with E-state index in [1.165, 1.54) is 70.4 Å². The maximum atomic E-state index is 2.67. The lowest BCUT2D eigenvalue weighted by atomic mass is 9.96. The molecule has 3 nitrogen and oxygen atoms in total. The SMILES string of the molecule is CCCCC(CC)CN(CC(CC)CCCC)C(N(C)C)=[N+](C)C. The van der Waals surface area contributed by atoms with Crippen molar-refractivity contribution >= 4 is 5.96 Å². The number of unbranched alkanes of at least 4 members (excludes halogenated alkanes) is 2. The first kappa shape index (κ1) is 23.3. The lowest BCUT2D eigenvalue weighted by Crippen LogP contribution is -2.49. The van der Waals surface area contributed by atoms with E-state index in [2.05, 4.69) is 70.3 Å². The Balaban J connectivity index is 5.22. The molecule has 0 fully saturated rings. The minimum absolute atomic E-state index is 0.809. The topological polar surface area (TPSA) is 9.49 Å². The van der Waals surface area contributed by atoms with Gasteiger partial charge in [-0.2, -0.15) is 0 Å². The third-order valence-electron chi connectivity index (χ3n) is 5.13. The van der Waals surface area contributed by atoms with E-state index >= 15 is 0 Å². The van der Waals surface area contributed by atoms with Crippen molar-refractivity contribution in [3.05, 3.63) is 0 Å². The van der Waals surface area contributed by atoms with Gasteiger partial charge in [0.15, 0.2) is 0 Å². The first-order valence-electron chi connectivity index (χ1n) is 10.4. The highest BCUT2D eigenvalue weighted by Crippen LogP contribution is 2.19. The summed E-state index contributed by atoms with van der Waals surface area (Å²) < 4.78 is 2.29. The molecule has 0 aromatic rings. The molecule has 2 unspecified atom stereocenters. The summed E-state index contributed by atoms with van der Waals surface area (Å²) >= 11 is 0. The second-order valence-electron chi connectivity index (χ2n) is 7.83. The Kier molecular flexibility index (Phi) is 13.1. The minimum atomic E-state index is 0.809. The molecule has 0 saturated carbocycles. The largest absolute Gasteiger partial charge is 0.349 e. The number of rotatable bonds is 12. The quantitative estimate of drug-likeness (QED) is 0.284. The van der Waals surface area contributed by atoms with Crippen LogP contribution < -0.4 is 0 Å². The molecule has 0 aliphatic heterocycles. The summed E-state index contributed by atoms with van der Waals surface area (Å²) in [5, 5.41) is 0. The molecule has 24 heavy (non-hydrogen) atoms. The summed E-state index contributed by atoms with van der Waals surface area (Å²) in [6, 6.07) is 0. The van der Waals surface area contributed by atoms with Crippen LogP contribution in [0.4, 0.5) is 0 Å². The zero-order valence-corrected chi connectivity index (χ0v) is 18.1. The van der Waals surface area contributed by atoms with Gasteiger partial charge < -0.3 is 0 Å². The third kappa shape index (κ3) is 8.94. The molecule has 144 valence electrons. The van der Waals surface area contributed by atoms with E-state index in [4.69, 9.17) is 0 Å². The van der Waals surface area contributed by atoms with E-state index in [1.54, 1.807) is 0 Å². The van der Waals surface area contributed by atoms with Crippen LogP contribution in [0.5, 0.6) is 0 Å². The zero-order valence-electron chi connectivity index (χ0n) is 18.1. The molecule has 0 rings (SSSR count). The fraction of sp³-hybridized carbons (Fsp3) is 0.952. The Labute approximate surface area is 153 Å². The van der Waals surface area contributed by atoms with E-state index < -0.39 is 0 Å². The highest BCUT2D eigenvalue weighted by atomic mass is 15.4. The van der Waals surface area contributed by atoms with Gasteiger partial charge in [-0.15, -0.1) is 0 Å². The van der Waals surface area contributed by atoms with Gasteiger partial charge in [0.25, 0.3) is 0 Å². The van der Waals surface area contributed by atoms with Crippen molar-refractivity contribution in [3.8, 4) is 0 Å². The van der Waals surface area contributed by atoms with Crippen molar-refractivity contribution in [2.24, 2.45) is 11.8 Å². The standard InChI is InChI=1S/C21H46N3/c1-9-13-15-19(11-3)17-24(21(22(5)6)23(7)8)18-20(12-4)16-14-10-2/h19-20H,9-18H2,1-8H3/q+1. The van der Waals surface area contributed by atoms with Crippen LogP contribution in [-0.4, -0.2) is 61.6 Å². The lowest BCUT2D eigenvalue weighted by molar-refractivity contribution is -0.476. The van der Waals surface area contributed by atoms with E-state index in [9.17, 15) is 0 Å². The van der Waals surface area contributed by atoms with Gasteiger partial charge in [0.05, 0.1) is 41.3 Å². The molecule has 0 aliphatic rings. The molecule has 0 spiro atoms. The summed E-state index contributed by atoms with van der Waals surface area (Å²) in [7, 11) is 8.73. The highest BCUT2D eigenvalue weighted by Gasteiger charge is 2.27. The van der Waals surface area contributed by atoms with Crippen LogP contribution in [-0.2, 0) is 0 Å². The second kappa shape index (κ2) is 13.5.